The summed E-state index contributed by atoms with van der Waals surface area (Å²) in [6.45, 7) is 4.43. The Labute approximate surface area is 193 Å². The second-order valence-corrected chi connectivity index (χ2v) is 8.96. The van der Waals surface area contributed by atoms with Gasteiger partial charge in [0.05, 0.1) is 24.3 Å². The van der Waals surface area contributed by atoms with Gasteiger partial charge in [0.15, 0.2) is 5.11 Å². The number of hydrogen-bond donors (Lipinski definition) is 3. The molecule has 0 radical (unpaired) electrons. The molecule has 0 spiro atoms. The first kappa shape index (κ1) is 23.4. The summed E-state index contributed by atoms with van der Waals surface area (Å²) < 4.78 is 39.0. The molecule has 0 fully saturated rings. The molecule has 0 amide bonds. The van der Waals surface area contributed by atoms with Crippen LogP contribution in [0.1, 0.15) is 12.5 Å². The molecule has 3 N–H and O–H groups in total. The monoisotopic (exact) mass is 471 g/mol. The predicted octanol–water partition coefficient (Wildman–Crippen LogP) is 5.01. The molecule has 3 rings (SSSR count). The second-order valence-electron chi connectivity index (χ2n) is 6.87. The Balaban J connectivity index is 1.73. The molecule has 32 heavy (non-hydrogen) atoms. The number of methoxy groups -OCH3 is 1. The first-order chi connectivity index (χ1) is 15.3. The molecular weight excluding hydrogens is 446 g/mol. The zero-order valence-electron chi connectivity index (χ0n) is 18.0. The fourth-order valence-corrected chi connectivity index (χ4v) is 4.16. The summed E-state index contributed by atoms with van der Waals surface area (Å²) >= 11 is 5.36. The minimum atomic E-state index is -3.82. The summed E-state index contributed by atoms with van der Waals surface area (Å²) in [6.07, 6.45) is 0. The smallest absolute Gasteiger partial charge is 0.262 e. The molecule has 0 aliphatic carbocycles. The van der Waals surface area contributed by atoms with Crippen LogP contribution in [0.4, 0.5) is 17.1 Å². The quantitative estimate of drug-likeness (QED) is 0.398. The molecule has 0 bridgehead atoms. The average Bonchev–Trinajstić information content (AvgIpc) is 2.77. The molecular formula is C23H25N3O4S2. The highest BCUT2D eigenvalue weighted by Gasteiger charge is 2.17. The number of thiocarbonyl (C=S) groups is 1. The van der Waals surface area contributed by atoms with Gasteiger partial charge in [-0.15, -0.1) is 0 Å². The topological polar surface area (TPSA) is 88.7 Å². The highest BCUT2D eigenvalue weighted by Crippen LogP contribution is 2.29. The summed E-state index contributed by atoms with van der Waals surface area (Å²) in [5.41, 5.74) is 2.95. The van der Waals surface area contributed by atoms with E-state index in [1.165, 1.54) is 19.2 Å². The van der Waals surface area contributed by atoms with Gasteiger partial charge in [0.2, 0.25) is 0 Å². The molecule has 0 aromatic heterocycles. The fraction of sp³-hybridized carbons (Fsp3) is 0.174. The molecule has 9 heteroatoms. The predicted molar refractivity (Wildman–Crippen MR) is 132 cm³/mol. The lowest BCUT2D eigenvalue weighted by atomic mass is 10.2. The number of hydrogen-bond acceptors (Lipinski definition) is 5. The minimum Gasteiger partial charge on any atom is -0.495 e. The number of ether oxygens (including phenoxy) is 2. The summed E-state index contributed by atoms with van der Waals surface area (Å²) in [7, 11) is -2.35. The zero-order valence-corrected chi connectivity index (χ0v) is 19.6. The zero-order chi connectivity index (χ0) is 23.1. The van der Waals surface area contributed by atoms with Gasteiger partial charge in [-0.25, -0.2) is 8.42 Å². The first-order valence-electron chi connectivity index (χ1n) is 9.89. The van der Waals surface area contributed by atoms with Gasteiger partial charge in [0, 0.05) is 17.4 Å². The first-order valence-corrected chi connectivity index (χ1v) is 11.8. The van der Waals surface area contributed by atoms with Crippen LogP contribution in [0, 0.1) is 6.92 Å². The van der Waals surface area contributed by atoms with Crippen molar-refractivity contribution in [3.63, 3.8) is 0 Å². The molecule has 0 heterocycles. The molecule has 3 aromatic rings. The van der Waals surface area contributed by atoms with E-state index < -0.39 is 10.0 Å². The maximum Gasteiger partial charge on any atom is 0.262 e. The van der Waals surface area contributed by atoms with E-state index in [1.807, 2.05) is 38.1 Å². The van der Waals surface area contributed by atoms with Crippen molar-refractivity contribution in [3.05, 3.63) is 72.3 Å². The fourth-order valence-electron chi connectivity index (χ4n) is 2.86. The van der Waals surface area contributed by atoms with Gasteiger partial charge in [0.1, 0.15) is 11.5 Å². The molecule has 0 aliphatic rings. The Hall–Kier alpha value is -3.30. The molecule has 0 aliphatic heterocycles. The van der Waals surface area contributed by atoms with Gasteiger partial charge in [-0.3, -0.25) is 4.72 Å². The van der Waals surface area contributed by atoms with E-state index >= 15 is 0 Å². The van der Waals surface area contributed by atoms with Crippen LogP contribution in [0.15, 0.2) is 71.6 Å². The van der Waals surface area contributed by atoms with E-state index in [-0.39, 0.29) is 4.90 Å². The van der Waals surface area contributed by atoms with Crippen molar-refractivity contribution in [2.75, 3.05) is 29.1 Å². The van der Waals surface area contributed by atoms with Crippen molar-refractivity contribution in [3.8, 4) is 11.5 Å². The number of benzene rings is 3. The van der Waals surface area contributed by atoms with Gasteiger partial charge in [-0.1, -0.05) is 17.7 Å². The molecule has 3 aromatic carbocycles. The molecule has 0 saturated carbocycles. The van der Waals surface area contributed by atoms with Gasteiger partial charge in [0.25, 0.3) is 10.0 Å². The van der Waals surface area contributed by atoms with E-state index in [9.17, 15) is 8.42 Å². The Bertz CT molecular complexity index is 1180. The Morgan fingerprint density at radius 3 is 2.22 bits per heavy atom. The lowest BCUT2D eigenvalue weighted by Gasteiger charge is -2.15. The standard InChI is InChI=1S/C23H25N3O4S2/c1-4-30-19-11-9-18(10-12-19)26-32(27,28)20-13-14-21(22(15-20)29-3)25-23(31)24-17-7-5-16(2)6-8-17/h5-15,26H,4H2,1-3H3,(H2,24,25,31). The SMILES string of the molecule is CCOc1ccc(NS(=O)(=O)c2ccc(NC(=S)Nc3ccc(C)cc3)c(OC)c2)cc1. The van der Waals surface area contributed by atoms with E-state index in [0.29, 0.717) is 34.6 Å². The van der Waals surface area contributed by atoms with Crippen molar-refractivity contribution in [1.29, 1.82) is 0 Å². The highest BCUT2D eigenvalue weighted by molar-refractivity contribution is 7.92. The maximum absolute atomic E-state index is 12.8. The molecule has 0 saturated heterocycles. The van der Waals surface area contributed by atoms with Crippen LogP contribution in [0.25, 0.3) is 0 Å². The number of sulfonamides is 1. The molecule has 0 atom stereocenters. The minimum absolute atomic E-state index is 0.0613. The van der Waals surface area contributed by atoms with Crippen LogP contribution in [-0.2, 0) is 10.0 Å². The molecule has 168 valence electrons. The lowest BCUT2D eigenvalue weighted by Crippen LogP contribution is -2.20. The van der Waals surface area contributed by atoms with Crippen LogP contribution in [0.3, 0.4) is 0 Å². The Morgan fingerprint density at radius 2 is 1.59 bits per heavy atom. The maximum atomic E-state index is 12.8. The van der Waals surface area contributed by atoms with Crippen LogP contribution in [-0.4, -0.2) is 27.2 Å². The average molecular weight is 472 g/mol. The van der Waals surface area contributed by atoms with Crippen molar-refractivity contribution in [1.82, 2.24) is 0 Å². The third kappa shape index (κ3) is 6.12. The number of aryl methyl sites for hydroxylation is 1. The summed E-state index contributed by atoms with van der Waals surface area (Å²) in [5.74, 6) is 1.01. The second kappa shape index (κ2) is 10.3. The molecule has 7 nitrogen and oxygen atoms in total. The number of rotatable bonds is 8. The number of nitrogens with one attached hydrogen (secondary N) is 3. The summed E-state index contributed by atoms with van der Waals surface area (Å²) in [4.78, 5) is 0.0613. The van der Waals surface area contributed by atoms with Gasteiger partial charge in [-0.05, 0) is 74.6 Å². The largest absolute Gasteiger partial charge is 0.495 e. The van der Waals surface area contributed by atoms with Crippen molar-refractivity contribution in [2.45, 2.75) is 18.7 Å². The van der Waals surface area contributed by atoms with E-state index in [2.05, 4.69) is 15.4 Å². The normalized spacial score (nSPS) is 10.8. The lowest BCUT2D eigenvalue weighted by molar-refractivity contribution is 0.340. The summed E-state index contributed by atoms with van der Waals surface area (Å²) in [5, 5.41) is 6.48. The van der Waals surface area contributed by atoms with Crippen molar-refractivity contribution >= 4 is 44.4 Å². The van der Waals surface area contributed by atoms with Gasteiger partial charge < -0.3 is 20.1 Å². The van der Waals surface area contributed by atoms with Crippen LogP contribution in [0.5, 0.6) is 11.5 Å². The molecule has 0 unspecified atom stereocenters. The highest BCUT2D eigenvalue weighted by atomic mass is 32.2. The third-order valence-corrected chi connectivity index (χ3v) is 6.04. The summed E-state index contributed by atoms with van der Waals surface area (Å²) in [6, 6.07) is 19.0. The van der Waals surface area contributed by atoms with Crippen LogP contribution < -0.4 is 24.8 Å². The number of anilines is 3. The van der Waals surface area contributed by atoms with Crippen molar-refractivity contribution < 1.29 is 17.9 Å². The Morgan fingerprint density at radius 1 is 0.938 bits per heavy atom. The van der Waals surface area contributed by atoms with Gasteiger partial charge in [-0.2, -0.15) is 0 Å². The Kier molecular flexibility index (Phi) is 7.55. The van der Waals surface area contributed by atoms with Crippen LogP contribution in [0.2, 0.25) is 0 Å². The van der Waals surface area contributed by atoms with Gasteiger partial charge >= 0.3 is 0 Å². The van der Waals surface area contributed by atoms with Crippen LogP contribution >= 0.6 is 12.2 Å². The van der Waals surface area contributed by atoms with E-state index in [4.69, 9.17) is 21.7 Å². The van der Waals surface area contributed by atoms with E-state index in [1.54, 1.807) is 30.3 Å². The van der Waals surface area contributed by atoms with E-state index in [0.717, 1.165) is 11.3 Å². The third-order valence-electron chi connectivity index (χ3n) is 4.46. The van der Waals surface area contributed by atoms with Crippen molar-refractivity contribution in [2.24, 2.45) is 0 Å².